The van der Waals surface area contributed by atoms with E-state index in [4.69, 9.17) is 0 Å². The zero-order chi connectivity index (χ0) is 25.6. The van der Waals surface area contributed by atoms with Gasteiger partial charge in [-0.25, -0.2) is 22.4 Å². The molecule has 184 valence electrons. The van der Waals surface area contributed by atoms with Crippen LogP contribution in [0.4, 0.5) is 61.5 Å². The van der Waals surface area contributed by atoms with Gasteiger partial charge in [-0.1, -0.05) is 13.5 Å². The first-order valence-corrected chi connectivity index (χ1v) is 8.42. The van der Waals surface area contributed by atoms with Crippen LogP contribution in [0.1, 0.15) is 20.3 Å². The molecule has 16 heteroatoms. The fourth-order valence-electron chi connectivity index (χ4n) is 4.96. The lowest BCUT2D eigenvalue weighted by molar-refractivity contribution is -0.600. The predicted octanol–water partition coefficient (Wildman–Crippen LogP) is 5.31. The minimum absolute atomic E-state index is 0.00287. The minimum atomic E-state index is -7.76. The Bertz CT molecular complexity index is 836. The number of rotatable bonds is 3. The number of esters is 1. The molecule has 4 aliphatic carbocycles. The maximum absolute atomic E-state index is 15.6. The Morgan fingerprint density at radius 2 is 0.875 bits per heavy atom. The van der Waals surface area contributed by atoms with E-state index < -0.39 is 75.9 Å². The Kier molecular flexibility index (Phi) is 4.13. The van der Waals surface area contributed by atoms with E-state index >= 15 is 8.78 Å². The highest BCUT2D eigenvalue weighted by molar-refractivity contribution is 5.87. The van der Waals surface area contributed by atoms with Crippen LogP contribution in [0, 0.1) is 0 Å². The largest absolute Gasteiger partial charge is 0.448 e. The zero-order valence-electron chi connectivity index (χ0n) is 15.5. The summed E-state index contributed by atoms with van der Waals surface area (Å²) in [6.45, 7) is 3.23. The van der Waals surface area contributed by atoms with Crippen molar-refractivity contribution in [3.05, 3.63) is 12.2 Å². The van der Waals surface area contributed by atoms with E-state index in [2.05, 4.69) is 11.3 Å². The average molecular weight is 500 g/mol. The summed E-state index contributed by atoms with van der Waals surface area (Å²) in [6, 6.07) is 0. The average Bonchev–Trinajstić information content (AvgIpc) is 2.65. The second-order valence-corrected chi connectivity index (χ2v) is 7.86. The molecule has 0 aromatic heterocycles. The number of hydrogen-bond acceptors (Lipinski definition) is 2. The van der Waals surface area contributed by atoms with Crippen molar-refractivity contribution >= 4 is 5.97 Å². The van der Waals surface area contributed by atoms with Gasteiger partial charge in [-0.3, -0.25) is 0 Å². The van der Waals surface area contributed by atoms with E-state index in [9.17, 15) is 57.5 Å². The van der Waals surface area contributed by atoms with Gasteiger partial charge in [-0.2, -0.15) is 43.9 Å². The molecule has 0 heterocycles. The fourth-order valence-corrected chi connectivity index (χ4v) is 4.96. The summed E-state index contributed by atoms with van der Waals surface area (Å²) in [5, 5.41) is 0. The normalized spacial score (nSPS) is 48.4. The number of alkyl halides is 14. The summed E-state index contributed by atoms with van der Waals surface area (Å²) in [7, 11) is 0. The van der Waals surface area contributed by atoms with Crippen LogP contribution in [-0.4, -0.2) is 63.9 Å². The molecule has 0 radical (unpaired) electrons. The quantitative estimate of drug-likeness (QED) is 0.299. The number of carbonyl (C=O) groups is 1. The maximum atomic E-state index is 15.6. The Morgan fingerprint density at radius 1 is 0.625 bits per heavy atom. The van der Waals surface area contributed by atoms with Crippen molar-refractivity contribution in [2.45, 2.75) is 78.2 Å². The molecule has 2 nitrogen and oxygen atoms in total. The van der Waals surface area contributed by atoms with Gasteiger partial charge in [0.1, 0.15) is 0 Å². The van der Waals surface area contributed by atoms with Gasteiger partial charge in [0, 0.05) is 5.57 Å². The lowest BCUT2D eigenvalue weighted by Gasteiger charge is -2.76. The summed E-state index contributed by atoms with van der Waals surface area (Å²) in [5.41, 5.74) is -36.1. The number of ether oxygens (including phenoxy) is 1. The van der Waals surface area contributed by atoms with Crippen molar-refractivity contribution in [1.82, 2.24) is 0 Å². The molecule has 4 bridgehead atoms. The van der Waals surface area contributed by atoms with Crippen LogP contribution in [0.3, 0.4) is 0 Å². The molecule has 4 saturated carbocycles. The third-order valence-corrected chi connectivity index (χ3v) is 6.55. The van der Waals surface area contributed by atoms with E-state index in [-0.39, 0.29) is 6.92 Å². The SMILES string of the molecule is C=C(C)C(=O)OC1(CC)C2(F)C(F)(F)C3(F)C(F)(F)C(F)(C2(F)F)C(F)(F)C1(F)C3(F)F. The number of hydrogen-bond donors (Lipinski definition) is 0. The van der Waals surface area contributed by atoms with E-state index in [0.29, 0.717) is 6.92 Å². The van der Waals surface area contributed by atoms with Gasteiger partial charge in [0.05, 0.1) is 0 Å². The Morgan fingerprint density at radius 3 is 1.09 bits per heavy atom. The van der Waals surface area contributed by atoms with Gasteiger partial charge in [0.25, 0.3) is 11.3 Å². The second kappa shape index (κ2) is 5.31. The highest BCUT2D eigenvalue weighted by atomic mass is 19.3. The highest BCUT2D eigenvalue weighted by Crippen LogP contribution is 2.88. The van der Waals surface area contributed by atoms with E-state index in [1.54, 1.807) is 0 Å². The molecule has 0 atom stereocenters. The molecule has 32 heavy (non-hydrogen) atoms. The molecule has 4 aliphatic rings. The summed E-state index contributed by atoms with van der Waals surface area (Å²) < 4.78 is 211. The van der Waals surface area contributed by atoms with Crippen molar-refractivity contribution in [2.24, 2.45) is 0 Å². The third-order valence-electron chi connectivity index (χ3n) is 6.55. The lowest BCUT2D eigenvalue weighted by atomic mass is 9.37. The molecule has 0 spiro atoms. The van der Waals surface area contributed by atoms with Gasteiger partial charge >= 0.3 is 46.9 Å². The van der Waals surface area contributed by atoms with Crippen LogP contribution in [0.15, 0.2) is 12.2 Å². The smallest absolute Gasteiger partial charge is 0.339 e. The standard InChI is InChI=1S/C16H10F14O2/c1-4-7(32-6(31)5(2)3)8(17)12(21,22)10(19)14(25,26)9(7,18)15(27,28)11(20,13(8,23)24)16(10,29)30/h2,4H2,1,3H3. The van der Waals surface area contributed by atoms with Gasteiger partial charge in [0.2, 0.25) is 5.60 Å². The fraction of sp³-hybridized carbons (Fsp3) is 0.812. The summed E-state index contributed by atoms with van der Waals surface area (Å²) >= 11 is 0. The Hall–Kier alpha value is -1.77. The summed E-state index contributed by atoms with van der Waals surface area (Å²) in [5.74, 6) is -40.2. The Labute approximate surface area is 168 Å². The van der Waals surface area contributed by atoms with Crippen LogP contribution >= 0.6 is 0 Å². The Balaban J connectivity index is 2.69. The highest BCUT2D eigenvalue weighted by Gasteiger charge is 3.22. The molecular weight excluding hydrogens is 490 g/mol. The van der Waals surface area contributed by atoms with Crippen molar-refractivity contribution < 1.29 is 71.0 Å². The maximum Gasteiger partial charge on any atom is 0.339 e. The van der Waals surface area contributed by atoms with Crippen LogP contribution < -0.4 is 0 Å². The molecule has 4 fully saturated rings. The van der Waals surface area contributed by atoms with Crippen molar-refractivity contribution in [1.29, 1.82) is 0 Å². The number of carbonyl (C=O) groups excluding carboxylic acids is 1. The van der Waals surface area contributed by atoms with E-state index in [1.807, 2.05) is 0 Å². The van der Waals surface area contributed by atoms with Crippen molar-refractivity contribution in [3.63, 3.8) is 0 Å². The summed E-state index contributed by atoms with van der Waals surface area (Å²) in [4.78, 5) is 11.7. The molecule has 0 amide bonds. The second-order valence-electron chi connectivity index (χ2n) is 7.86. The zero-order valence-corrected chi connectivity index (χ0v) is 15.5. The van der Waals surface area contributed by atoms with Crippen LogP contribution in [0.5, 0.6) is 0 Å². The topological polar surface area (TPSA) is 26.3 Å². The van der Waals surface area contributed by atoms with Gasteiger partial charge in [-0.15, -0.1) is 0 Å². The van der Waals surface area contributed by atoms with Crippen LogP contribution in [0.25, 0.3) is 0 Å². The monoisotopic (exact) mass is 500 g/mol. The first-order valence-electron chi connectivity index (χ1n) is 8.42. The van der Waals surface area contributed by atoms with E-state index in [1.165, 1.54) is 0 Å². The summed E-state index contributed by atoms with van der Waals surface area (Å²) in [6.07, 6.45) is -2.45. The molecule has 0 N–H and O–H groups in total. The first-order chi connectivity index (χ1) is 13.9. The predicted molar refractivity (Wildman–Crippen MR) is 74.0 cm³/mol. The van der Waals surface area contributed by atoms with Gasteiger partial charge in [0.15, 0.2) is 0 Å². The van der Waals surface area contributed by atoms with Crippen molar-refractivity contribution in [3.8, 4) is 0 Å². The van der Waals surface area contributed by atoms with Gasteiger partial charge < -0.3 is 4.74 Å². The van der Waals surface area contributed by atoms with Gasteiger partial charge in [-0.05, 0) is 13.3 Å². The van der Waals surface area contributed by atoms with Crippen molar-refractivity contribution in [2.75, 3.05) is 0 Å². The minimum Gasteiger partial charge on any atom is -0.448 e. The first kappa shape index (κ1) is 24.9. The third kappa shape index (κ3) is 1.50. The molecule has 0 aromatic carbocycles. The molecular formula is C16H10F14O2. The molecule has 0 aromatic rings. The van der Waals surface area contributed by atoms with Crippen LogP contribution in [-0.2, 0) is 9.53 Å². The molecule has 0 aliphatic heterocycles. The van der Waals surface area contributed by atoms with Crippen LogP contribution in [0.2, 0.25) is 0 Å². The molecule has 4 rings (SSSR count). The lowest BCUT2D eigenvalue weighted by Crippen LogP contribution is -3.10. The molecule has 0 unspecified atom stereocenters. The number of halogens is 14. The van der Waals surface area contributed by atoms with E-state index in [0.717, 1.165) is 0 Å². The molecule has 0 saturated heterocycles.